The van der Waals surface area contributed by atoms with Crippen LogP contribution in [-0.2, 0) is 17.7 Å². The van der Waals surface area contributed by atoms with Crippen LogP contribution in [0.15, 0.2) is 0 Å². The molecule has 0 saturated carbocycles. The third-order valence-corrected chi connectivity index (χ3v) is 2.73. The summed E-state index contributed by atoms with van der Waals surface area (Å²) < 4.78 is 7.19. The molecule has 0 aliphatic carbocycles. The van der Waals surface area contributed by atoms with Crippen LogP contribution in [-0.4, -0.2) is 28.7 Å². The standard InChI is InChI=1S/C11H22N4O/c1-4-6-11-10(7-12)13-14-15(11)9(5-2)8-16-3/h9H,4-8,12H2,1-3H3. The van der Waals surface area contributed by atoms with E-state index in [0.29, 0.717) is 13.2 Å². The molecule has 92 valence electrons. The Morgan fingerprint density at radius 3 is 2.69 bits per heavy atom. The molecule has 0 aliphatic heterocycles. The van der Waals surface area contributed by atoms with Gasteiger partial charge in [0.1, 0.15) is 0 Å². The van der Waals surface area contributed by atoms with Gasteiger partial charge in [0.05, 0.1) is 24.0 Å². The highest BCUT2D eigenvalue weighted by molar-refractivity contribution is 5.11. The maximum absolute atomic E-state index is 5.66. The van der Waals surface area contributed by atoms with Crippen molar-refractivity contribution in [2.45, 2.75) is 45.7 Å². The van der Waals surface area contributed by atoms with Crippen molar-refractivity contribution in [3.8, 4) is 0 Å². The maximum Gasteiger partial charge on any atom is 0.0994 e. The third kappa shape index (κ3) is 2.80. The van der Waals surface area contributed by atoms with Gasteiger partial charge in [-0.1, -0.05) is 25.5 Å². The summed E-state index contributed by atoms with van der Waals surface area (Å²) in [5.74, 6) is 0. The number of aromatic nitrogens is 3. The van der Waals surface area contributed by atoms with Gasteiger partial charge in [-0.25, -0.2) is 4.68 Å². The predicted molar refractivity (Wildman–Crippen MR) is 63.1 cm³/mol. The second-order valence-corrected chi connectivity index (χ2v) is 3.90. The fourth-order valence-corrected chi connectivity index (χ4v) is 1.85. The van der Waals surface area contributed by atoms with Gasteiger partial charge in [0.15, 0.2) is 0 Å². The second-order valence-electron chi connectivity index (χ2n) is 3.90. The minimum Gasteiger partial charge on any atom is -0.382 e. The summed E-state index contributed by atoms with van der Waals surface area (Å²) in [6, 6.07) is 0.263. The normalized spacial score (nSPS) is 13.0. The molecule has 0 saturated heterocycles. The summed E-state index contributed by atoms with van der Waals surface area (Å²) in [6.07, 6.45) is 3.03. The van der Waals surface area contributed by atoms with Gasteiger partial charge in [-0.15, -0.1) is 5.10 Å². The van der Waals surface area contributed by atoms with E-state index in [1.165, 1.54) is 0 Å². The van der Waals surface area contributed by atoms with Crippen LogP contribution in [0.2, 0.25) is 0 Å². The highest BCUT2D eigenvalue weighted by Gasteiger charge is 2.17. The first-order chi connectivity index (χ1) is 7.78. The van der Waals surface area contributed by atoms with E-state index in [1.807, 2.05) is 4.68 Å². The molecule has 1 rings (SSSR count). The molecular formula is C11H22N4O. The van der Waals surface area contributed by atoms with Gasteiger partial charge in [0.25, 0.3) is 0 Å². The lowest BCUT2D eigenvalue weighted by atomic mass is 10.1. The van der Waals surface area contributed by atoms with Crippen molar-refractivity contribution in [2.24, 2.45) is 5.73 Å². The van der Waals surface area contributed by atoms with Gasteiger partial charge in [-0.2, -0.15) is 0 Å². The molecular weight excluding hydrogens is 204 g/mol. The van der Waals surface area contributed by atoms with Crippen LogP contribution in [0.3, 0.4) is 0 Å². The largest absolute Gasteiger partial charge is 0.382 e. The Bertz CT molecular complexity index is 311. The average Bonchev–Trinajstić information content (AvgIpc) is 2.69. The number of nitrogens with two attached hydrogens (primary N) is 1. The molecule has 1 heterocycles. The molecule has 0 bridgehead atoms. The fourth-order valence-electron chi connectivity index (χ4n) is 1.85. The lowest BCUT2D eigenvalue weighted by molar-refractivity contribution is 0.144. The van der Waals surface area contributed by atoms with Crippen molar-refractivity contribution in [3.63, 3.8) is 0 Å². The number of hydrogen-bond acceptors (Lipinski definition) is 4. The van der Waals surface area contributed by atoms with Crippen molar-refractivity contribution in [3.05, 3.63) is 11.4 Å². The minimum absolute atomic E-state index is 0.263. The Kier molecular flexibility index (Phi) is 5.42. The second kappa shape index (κ2) is 6.60. The fraction of sp³-hybridized carbons (Fsp3) is 0.818. The Hall–Kier alpha value is -0.940. The number of hydrogen-bond donors (Lipinski definition) is 1. The third-order valence-electron chi connectivity index (χ3n) is 2.73. The maximum atomic E-state index is 5.66. The van der Waals surface area contributed by atoms with Crippen molar-refractivity contribution >= 4 is 0 Å². The van der Waals surface area contributed by atoms with Gasteiger partial charge in [0, 0.05) is 13.7 Å². The number of nitrogens with zero attached hydrogens (tertiary/aromatic N) is 3. The zero-order chi connectivity index (χ0) is 12.0. The van der Waals surface area contributed by atoms with Gasteiger partial charge < -0.3 is 10.5 Å². The van der Waals surface area contributed by atoms with E-state index in [1.54, 1.807) is 7.11 Å². The van der Waals surface area contributed by atoms with E-state index in [9.17, 15) is 0 Å². The van der Waals surface area contributed by atoms with E-state index in [-0.39, 0.29) is 6.04 Å². The van der Waals surface area contributed by atoms with Crippen molar-refractivity contribution < 1.29 is 4.74 Å². The van der Waals surface area contributed by atoms with Crippen LogP contribution >= 0.6 is 0 Å². The molecule has 1 unspecified atom stereocenters. The number of ether oxygens (including phenoxy) is 1. The lowest BCUT2D eigenvalue weighted by Gasteiger charge is -2.16. The van der Waals surface area contributed by atoms with Crippen LogP contribution < -0.4 is 5.73 Å². The zero-order valence-electron chi connectivity index (χ0n) is 10.4. The van der Waals surface area contributed by atoms with Crippen molar-refractivity contribution in [2.75, 3.05) is 13.7 Å². The van der Waals surface area contributed by atoms with Crippen LogP contribution in [0.5, 0.6) is 0 Å². The molecule has 0 amide bonds. The summed E-state index contributed by atoms with van der Waals surface area (Å²) in [6.45, 7) is 5.40. The van der Waals surface area contributed by atoms with Crippen molar-refractivity contribution in [1.82, 2.24) is 15.0 Å². The zero-order valence-corrected chi connectivity index (χ0v) is 10.4. The van der Waals surface area contributed by atoms with E-state index in [2.05, 4.69) is 24.2 Å². The average molecular weight is 226 g/mol. The summed E-state index contributed by atoms with van der Waals surface area (Å²) in [5.41, 5.74) is 7.74. The van der Waals surface area contributed by atoms with Crippen LogP contribution in [0.1, 0.15) is 44.1 Å². The van der Waals surface area contributed by atoms with Crippen LogP contribution in [0.25, 0.3) is 0 Å². The van der Waals surface area contributed by atoms with Crippen LogP contribution in [0.4, 0.5) is 0 Å². The van der Waals surface area contributed by atoms with E-state index >= 15 is 0 Å². The molecule has 5 nitrogen and oxygen atoms in total. The lowest BCUT2D eigenvalue weighted by Crippen LogP contribution is -2.18. The molecule has 0 aromatic carbocycles. The summed E-state index contributed by atoms with van der Waals surface area (Å²) in [7, 11) is 1.71. The number of rotatable bonds is 7. The van der Waals surface area contributed by atoms with Gasteiger partial charge in [0.2, 0.25) is 0 Å². The van der Waals surface area contributed by atoms with Crippen LogP contribution in [0, 0.1) is 0 Å². The smallest absolute Gasteiger partial charge is 0.0994 e. The van der Waals surface area contributed by atoms with Crippen molar-refractivity contribution in [1.29, 1.82) is 0 Å². The SMILES string of the molecule is CCCc1c(CN)nnn1C(CC)COC. The summed E-state index contributed by atoms with van der Waals surface area (Å²) >= 11 is 0. The molecule has 1 aromatic rings. The van der Waals surface area contributed by atoms with E-state index < -0.39 is 0 Å². The molecule has 5 heteroatoms. The molecule has 1 aromatic heterocycles. The highest BCUT2D eigenvalue weighted by Crippen LogP contribution is 2.17. The summed E-state index contributed by atoms with van der Waals surface area (Å²) in [4.78, 5) is 0. The Morgan fingerprint density at radius 1 is 1.44 bits per heavy atom. The van der Waals surface area contributed by atoms with Gasteiger partial charge >= 0.3 is 0 Å². The molecule has 0 radical (unpaired) electrons. The minimum atomic E-state index is 0.263. The topological polar surface area (TPSA) is 66.0 Å². The highest BCUT2D eigenvalue weighted by atomic mass is 16.5. The van der Waals surface area contributed by atoms with E-state index in [0.717, 1.165) is 30.7 Å². The van der Waals surface area contributed by atoms with Gasteiger partial charge in [-0.3, -0.25) is 0 Å². The predicted octanol–water partition coefficient (Wildman–Crippen LogP) is 1.29. The quantitative estimate of drug-likeness (QED) is 0.760. The number of methoxy groups -OCH3 is 1. The first-order valence-corrected chi connectivity index (χ1v) is 5.90. The van der Waals surface area contributed by atoms with E-state index in [4.69, 9.17) is 10.5 Å². The molecule has 0 spiro atoms. The molecule has 1 atom stereocenters. The monoisotopic (exact) mass is 226 g/mol. The molecule has 2 N–H and O–H groups in total. The first-order valence-electron chi connectivity index (χ1n) is 5.90. The van der Waals surface area contributed by atoms with Gasteiger partial charge in [-0.05, 0) is 12.8 Å². The first kappa shape index (κ1) is 13.1. The summed E-state index contributed by atoms with van der Waals surface area (Å²) in [5, 5.41) is 8.34. The Balaban J connectivity index is 2.96. The Morgan fingerprint density at radius 2 is 2.19 bits per heavy atom. The Labute approximate surface area is 97.0 Å². The molecule has 16 heavy (non-hydrogen) atoms. The molecule has 0 fully saturated rings. The molecule has 0 aliphatic rings.